The van der Waals surface area contributed by atoms with Crippen molar-refractivity contribution in [3.8, 4) is 0 Å². The number of carbonyl (C=O) groups is 1. The summed E-state index contributed by atoms with van der Waals surface area (Å²) in [4.78, 5) is 12.4. The third-order valence-electron chi connectivity index (χ3n) is 3.71. The summed E-state index contributed by atoms with van der Waals surface area (Å²) in [6.45, 7) is 8.75. The highest BCUT2D eigenvalue weighted by Gasteiger charge is 2.42. The monoisotopic (exact) mass is 216 g/mol. The maximum Gasteiger partial charge on any atom is 0.167 e. The molecule has 0 heterocycles. The van der Waals surface area contributed by atoms with E-state index < -0.39 is 0 Å². The minimum Gasteiger partial charge on any atom is -0.294 e. The fraction of sp³-hybridized carbons (Fsp3) is 0.533. The van der Waals surface area contributed by atoms with Crippen LogP contribution in [0.5, 0.6) is 0 Å². The van der Waals surface area contributed by atoms with Gasteiger partial charge in [0.1, 0.15) is 0 Å². The summed E-state index contributed by atoms with van der Waals surface area (Å²) in [5, 5.41) is 0. The average molecular weight is 216 g/mol. The molecule has 2 atom stereocenters. The van der Waals surface area contributed by atoms with E-state index in [1.807, 2.05) is 18.2 Å². The molecule has 0 N–H and O–H groups in total. The normalized spacial score (nSPS) is 24.2. The van der Waals surface area contributed by atoms with Crippen LogP contribution in [0.15, 0.2) is 24.3 Å². The van der Waals surface area contributed by atoms with Crippen LogP contribution in [0.25, 0.3) is 0 Å². The van der Waals surface area contributed by atoms with Gasteiger partial charge in [-0.05, 0) is 23.3 Å². The Kier molecular flexibility index (Phi) is 2.88. The molecule has 0 spiro atoms. The Morgan fingerprint density at radius 3 is 2.06 bits per heavy atom. The third kappa shape index (κ3) is 1.59. The van der Waals surface area contributed by atoms with Gasteiger partial charge in [0.05, 0.1) is 0 Å². The Labute approximate surface area is 97.9 Å². The second kappa shape index (κ2) is 4.04. The lowest BCUT2D eigenvalue weighted by molar-refractivity contribution is 0.0871. The molecule has 16 heavy (non-hydrogen) atoms. The molecule has 1 aromatic rings. The van der Waals surface area contributed by atoms with E-state index in [4.69, 9.17) is 0 Å². The zero-order valence-electron chi connectivity index (χ0n) is 10.5. The highest BCUT2D eigenvalue weighted by atomic mass is 16.1. The molecule has 0 radical (unpaired) electrons. The molecule has 0 bridgehead atoms. The summed E-state index contributed by atoms with van der Waals surface area (Å²) in [7, 11) is 0. The van der Waals surface area contributed by atoms with Gasteiger partial charge in [0.15, 0.2) is 5.78 Å². The molecule has 1 aliphatic carbocycles. The van der Waals surface area contributed by atoms with Gasteiger partial charge in [-0.15, -0.1) is 0 Å². The van der Waals surface area contributed by atoms with Gasteiger partial charge in [0, 0.05) is 11.5 Å². The fourth-order valence-corrected chi connectivity index (χ4v) is 3.04. The summed E-state index contributed by atoms with van der Waals surface area (Å²) in [5.41, 5.74) is 2.22. The zero-order valence-corrected chi connectivity index (χ0v) is 10.5. The van der Waals surface area contributed by atoms with Crippen molar-refractivity contribution in [2.75, 3.05) is 0 Å². The van der Waals surface area contributed by atoms with Crippen LogP contribution in [0, 0.1) is 17.8 Å². The van der Waals surface area contributed by atoms with E-state index in [1.54, 1.807) is 0 Å². The molecular formula is C15H20O. The zero-order chi connectivity index (χ0) is 11.9. The standard InChI is InChI=1S/C15H20O/c1-9(2)13-11-7-5-6-8-12(11)15(16)14(13)10(3)4/h5-10,13-14H,1-4H3. The van der Waals surface area contributed by atoms with Crippen LogP contribution in [0.3, 0.4) is 0 Å². The Bertz CT molecular complexity index is 404. The topological polar surface area (TPSA) is 17.1 Å². The Hall–Kier alpha value is -1.11. The lowest BCUT2D eigenvalue weighted by Crippen LogP contribution is -2.23. The molecule has 0 saturated carbocycles. The maximum absolute atomic E-state index is 12.4. The Morgan fingerprint density at radius 2 is 1.50 bits per heavy atom. The van der Waals surface area contributed by atoms with Crippen molar-refractivity contribution in [3.05, 3.63) is 35.4 Å². The smallest absolute Gasteiger partial charge is 0.167 e. The summed E-state index contributed by atoms with van der Waals surface area (Å²) in [5.74, 6) is 1.89. The minimum atomic E-state index is 0.178. The summed E-state index contributed by atoms with van der Waals surface area (Å²) in [6, 6.07) is 8.12. The van der Waals surface area contributed by atoms with Crippen molar-refractivity contribution in [3.63, 3.8) is 0 Å². The van der Waals surface area contributed by atoms with Crippen LogP contribution in [-0.2, 0) is 0 Å². The number of hydrogen-bond donors (Lipinski definition) is 0. The second-order valence-corrected chi connectivity index (χ2v) is 5.49. The van der Waals surface area contributed by atoms with E-state index in [1.165, 1.54) is 5.56 Å². The number of rotatable bonds is 2. The first kappa shape index (κ1) is 11.4. The quantitative estimate of drug-likeness (QED) is 0.733. The second-order valence-electron chi connectivity index (χ2n) is 5.49. The van der Waals surface area contributed by atoms with Crippen molar-refractivity contribution in [1.29, 1.82) is 0 Å². The number of hydrogen-bond acceptors (Lipinski definition) is 1. The van der Waals surface area contributed by atoms with Gasteiger partial charge in [0.2, 0.25) is 0 Å². The van der Waals surface area contributed by atoms with Gasteiger partial charge in [0.25, 0.3) is 0 Å². The van der Waals surface area contributed by atoms with E-state index in [0.29, 0.717) is 23.5 Å². The van der Waals surface area contributed by atoms with Gasteiger partial charge in [-0.25, -0.2) is 0 Å². The van der Waals surface area contributed by atoms with Crippen LogP contribution >= 0.6 is 0 Å². The lowest BCUT2D eigenvalue weighted by Gasteiger charge is -2.25. The molecule has 2 rings (SSSR count). The minimum absolute atomic E-state index is 0.178. The molecule has 1 nitrogen and oxygen atoms in total. The highest BCUT2D eigenvalue weighted by molar-refractivity contribution is 6.03. The number of fused-ring (bicyclic) bond motifs is 1. The van der Waals surface area contributed by atoms with Gasteiger partial charge >= 0.3 is 0 Å². The van der Waals surface area contributed by atoms with Gasteiger partial charge < -0.3 is 0 Å². The molecule has 0 fully saturated rings. The van der Waals surface area contributed by atoms with Crippen LogP contribution < -0.4 is 0 Å². The Balaban J connectivity index is 2.52. The molecule has 0 aliphatic heterocycles. The largest absolute Gasteiger partial charge is 0.294 e. The first-order valence-corrected chi connectivity index (χ1v) is 6.17. The van der Waals surface area contributed by atoms with Crippen molar-refractivity contribution in [2.45, 2.75) is 33.6 Å². The SMILES string of the molecule is CC(C)C1C(=O)c2ccccc2C1C(C)C. The number of benzene rings is 1. The first-order chi connectivity index (χ1) is 7.54. The van der Waals surface area contributed by atoms with E-state index in [0.717, 1.165) is 5.56 Å². The van der Waals surface area contributed by atoms with Crippen molar-refractivity contribution in [2.24, 2.45) is 17.8 Å². The molecule has 1 aliphatic rings. The summed E-state index contributed by atoms with van der Waals surface area (Å²) in [6.07, 6.45) is 0. The van der Waals surface area contributed by atoms with Crippen LogP contribution in [0.1, 0.15) is 49.5 Å². The predicted molar refractivity (Wildman–Crippen MR) is 66.7 cm³/mol. The van der Waals surface area contributed by atoms with Crippen molar-refractivity contribution >= 4 is 5.78 Å². The number of carbonyl (C=O) groups excluding carboxylic acids is 1. The molecule has 1 aromatic carbocycles. The van der Waals surface area contributed by atoms with Crippen molar-refractivity contribution < 1.29 is 4.79 Å². The summed E-state index contributed by atoms with van der Waals surface area (Å²) < 4.78 is 0. The van der Waals surface area contributed by atoms with Gasteiger partial charge in [-0.2, -0.15) is 0 Å². The molecule has 86 valence electrons. The number of ketones is 1. The molecule has 0 saturated heterocycles. The number of Topliss-reactive ketones (excluding diaryl/α,β-unsaturated/α-hetero) is 1. The van der Waals surface area contributed by atoms with E-state index in [2.05, 4.69) is 33.8 Å². The Morgan fingerprint density at radius 1 is 0.938 bits per heavy atom. The first-order valence-electron chi connectivity index (χ1n) is 6.17. The average Bonchev–Trinajstić information content (AvgIpc) is 2.53. The predicted octanol–water partition coefficient (Wildman–Crippen LogP) is 3.89. The van der Waals surface area contributed by atoms with E-state index in [9.17, 15) is 4.79 Å². The van der Waals surface area contributed by atoms with E-state index in [-0.39, 0.29) is 5.92 Å². The molecule has 1 heteroatoms. The van der Waals surface area contributed by atoms with Gasteiger partial charge in [-0.1, -0.05) is 52.0 Å². The van der Waals surface area contributed by atoms with Crippen LogP contribution in [-0.4, -0.2) is 5.78 Å². The van der Waals surface area contributed by atoms with Gasteiger partial charge in [-0.3, -0.25) is 4.79 Å². The fourth-order valence-electron chi connectivity index (χ4n) is 3.04. The molecular weight excluding hydrogens is 196 g/mol. The molecule has 0 amide bonds. The maximum atomic E-state index is 12.4. The van der Waals surface area contributed by atoms with Crippen molar-refractivity contribution in [1.82, 2.24) is 0 Å². The third-order valence-corrected chi connectivity index (χ3v) is 3.71. The lowest BCUT2D eigenvalue weighted by atomic mass is 9.77. The molecule has 0 aromatic heterocycles. The van der Waals surface area contributed by atoms with Crippen LogP contribution in [0.4, 0.5) is 0 Å². The van der Waals surface area contributed by atoms with E-state index >= 15 is 0 Å². The highest BCUT2D eigenvalue weighted by Crippen LogP contribution is 2.45. The van der Waals surface area contributed by atoms with Crippen LogP contribution in [0.2, 0.25) is 0 Å². The summed E-state index contributed by atoms with van der Waals surface area (Å²) >= 11 is 0. The molecule has 2 unspecified atom stereocenters.